The molecule has 0 N–H and O–H groups in total. The zero-order chi connectivity index (χ0) is 19.3. The summed E-state index contributed by atoms with van der Waals surface area (Å²) < 4.78 is 5.94. The number of aromatic nitrogens is 1. The minimum absolute atomic E-state index is 0.256. The highest BCUT2D eigenvalue weighted by atomic mass is 16.5. The topological polar surface area (TPSA) is 25.4 Å². The Balaban J connectivity index is 1.70. The molecule has 1 aliphatic rings. The lowest BCUT2D eigenvalue weighted by Crippen LogP contribution is -2.33. The maximum absolute atomic E-state index is 5.94. The van der Waals surface area contributed by atoms with Gasteiger partial charge in [-0.05, 0) is 70.7 Å². The fourth-order valence-corrected chi connectivity index (χ4v) is 4.40. The molecule has 1 fully saturated rings. The maximum atomic E-state index is 5.94. The first-order valence-electron chi connectivity index (χ1n) is 10.3. The van der Waals surface area contributed by atoms with Gasteiger partial charge in [-0.3, -0.25) is 9.88 Å². The molecular weight excluding hydrogens is 332 g/mol. The summed E-state index contributed by atoms with van der Waals surface area (Å²) >= 11 is 0. The van der Waals surface area contributed by atoms with Crippen molar-refractivity contribution in [2.75, 3.05) is 26.3 Å². The molecule has 27 heavy (non-hydrogen) atoms. The van der Waals surface area contributed by atoms with Crippen LogP contribution in [0.5, 0.6) is 0 Å². The van der Waals surface area contributed by atoms with Gasteiger partial charge in [0.15, 0.2) is 0 Å². The molecule has 1 saturated heterocycles. The van der Waals surface area contributed by atoms with Crippen molar-refractivity contribution in [1.82, 2.24) is 9.88 Å². The highest BCUT2D eigenvalue weighted by Gasteiger charge is 2.40. The van der Waals surface area contributed by atoms with Crippen molar-refractivity contribution in [3.63, 3.8) is 0 Å². The molecule has 0 bridgehead atoms. The van der Waals surface area contributed by atoms with Crippen molar-refractivity contribution < 1.29 is 4.74 Å². The van der Waals surface area contributed by atoms with E-state index in [1.54, 1.807) is 0 Å². The van der Waals surface area contributed by atoms with Crippen molar-refractivity contribution in [2.24, 2.45) is 5.41 Å². The second-order valence-corrected chi connectivity index (χ2v) is 8.15. The zero-order valence-corrected chi connectivity index (χ0v) is 17.4. The van der Waals surface area contributed by atoms with Crippen LogP contribution in [0.15, 0.2) is 42.5 Å². The summed E-state index contributed by atoms with van der Waals surface area (Å²) in [4.78, 5) is 7.30. The molecule has 1 aromatic carbocycles. The maximum Gasteiger partial charge on any atom is 0.0535 e. The zero-order valence-electron chi connectivity index (χ0n) is 17.4. The Hall–Kier alpha value is -1.71. The van der Waals surface area contributed by atoms with Gasteiger partial charge in [0.25, 0.3) is 0 Å². The third-order valence-corrected chi connectivity index (χ3v) is 6.13. The van der Waals surface area contributed by atoms with E-state index < -0.39 is 0 Å². The first-order chi connectivity index (χ1) is 13.0. The van der Waals surface area contributed by atoms with Crippen molar-refractivity contribution in [2.45, 2.75) is 53.0 Å². The van der Waals surface area contributed by atoms with Crippen molar-refractivity contribution >= 4 is 0 Å². The Labute approximate surface area is 164 Å². The summed E-state index contributed by atoms with van der Waals surface area (Å²) in [5, 5.41) is 0. The van der Waals surface area contributed by atoms with Crippen LogP contribution < -0.4 is 0 Å². The standard InChI is InChI=1S/C24H34N2O/c1-5-27-18-24(14-13-22-9-7-6-8-10-22)15-16-26(17-24)21(4)23-12-11-19(2)25-20(23)3/h6-12,21H,5,13-18H2,1-4H3. The van der Waals surface area contributed by atoms with E-state index in [9.17, 15) is 0 Å². The summed E-state index contributed by atoms with van der Waals surface area (Å²) in [5.41, 5.74) is 5.30. The van der Waals surface area contributed by atoms with E-state index in [4.69, 9.17) is 4.74 Å². The van der Waals surface area contributed by atoms with Crippen molar-refractivity contribution in [3.05, 3.63) is 65.0 Å². The van der Waals surface area contributed by atoms with Crippen LogP contribution in [0.3, 0.4) is 0 Å². The number of rotatable bonds is 8. The lowest BCUT2D eigenvalue weighted by atomic mass is 9.82. The van der Waals surface area contributed by atoms with Gasteiger partial charge in [-0.2, -0.15) is 0 Å². The average molecular weight is 367 g/mol. The molecule has 0 saturated carbocycles. The fourth-order valence-electron chi connectivity index (χ4n) is 4.40. The molecule has 0 spiro atoms. The smallest absolute Gasteiger partial charge is 0.0535 e. The molecule has 3 nitrogen and oxygen atoms in total. The fraction of sp³-hybridized carbons (Fsp3) is 0.542. The van der Waals surface area contributed by atoms with Crippen LogP contribution in [-0.4, -0.2) is 36.2 Å². The monoisotopic (exact) mass is 366 g/mol. The summed E-state index contributed by atoms with van der Waals surface area (Å²) in [6.45, 7) is 12.5. The molecular formula is C24H34N2O. The first-order valence-corrected chi connectivity index (χ1v) is 10.3. The predicted molar refractivity (Wildman–Crippen MR) is 112 cm³/mol. The Bertz CT molecular complexity index is 730. The van der Waals surface area contributed by atoms with Crippen LogP contribution >= 0.6 is 0 Å². The number of hydrogen-bond acceptors (Lipinski definition) is 3. The number of ether oxygens (including phenoxy) is 1. The average Bonchev–Trinajstić information content (AvgIpc) is 3.10. The SMILES string of the molecule is CCOCC1(CCc2ccccc2)CCN(C(C)c2ccc(C)nc2C)C1. The lowest BCUT2D eigenvalue weighted by Gasteiger charge is -2.32. The van der Waals surface area contributed by atoms with Gasteiger partial charge in [0, 0.05) is 36.0 Å². The molecule has 0 aliphatic carbocycles. The largest absolute Gasteiger partial charge is 0.381 e. The molecule has 3 heteroatoms. The predicted octanol–water partition coefficient (Wildman–Crippen LogP) is 5.12. The van der Waals surface area contributed by atoms with E-state index in [1.807, 2.05) is 0 Å². The van der Waals surface area contributed by atoms with Gasteiger partial charge in [-0.25, -0.2) is 0 Å². The second-order valence-electron chi connectivity index (χ2n) is 8.15. The number of nitrogens with zero attached hydrogens (tertiary/aromatic N) is 2. The molecule has 3 rings (SSSR count). The molecule has 2 heterocycles. The molecule has 2 unspecified atom stereocenters. The Kier molecular flexibility index (Phi) is 6.67. The molecule has 2 aromatic rings. The normalized spacial score (nSPS) is 21.5. The highest BCUT2D eigenvalue weighted by molar-refractivity contribution is 5.25. The molecule has 0 radical (unpaired) electrons. The Morgan fingerprint density at radius 2 is 1.93 bits per heavy atom. The minimum atomic E-state index is 0.256. The summed E-state index contributed by atoms with van der Waals surface area (Å²) in [6.07, 6.45) is 3.52. The number of pyridine rings is 1. The number of benzene rings is 1. The second kappa shape index (κ2) is 8.99. The van der Waals surface area contributed by atoms with E-state index in [0.29, 0.717) is 6.04 Å². The van der Waals surface area contributed by atoms with E-state index in [0.717, 1.165) is 44.1 Å². The van der Waals surface area contributed by atoms with E-state index in [2.05, 4.69) is 80.0 Å². The van der Waals surface area contributed by atoms with Gasteiger partial charge >= 0.3 is 0 Å². The van der Waals surface area contributed by atoms with Gasteiger partial charge in [-0.1, -0.05) is 36.4 Å². The quantitative estimate of drug-likeness (QED) is 0.648. The Morgan fingerprint density at radius 3 is 2.63 bits per heavy atom. The number of hydrogen-bond donors (Lipinski definition) is 0. The molecule has 0 amide bonds. The van der Waals surface area contributed by atoms with Crippen LogP contribution in [0.4, 0.5) is 0 Å². The van der Waals surface area contributed by atoms with Crippen LogP contribution in [-0.2, 0) is 11.2 Å². The van der Waals surface area contributed by atoms with Gasteiger partial charge in [-0.15, -0.1) is 0 Å². The third kappa shape index (κ3) is 4.97. The van der Waals surface area contributed by atoms with E-state index in [1.165, 1.54) is 24.0 Å². The lowest BCUT2D eigenvalue weighted by molar-refractivity contribution is 0.0466. The highest BCUT2D eigenvalue weighted by Crippen LogP contribution is 2.39. The van der Waals surface area contributed by atoms with E-state index in [-0.39, 0.29) is 5.41 Å². The summed E-state index contributed by atoms with van der Waals surface area (Å²) in [6, 6.07) is 15.7. The molecule has 146 valence electrons. The number of aryl methyl sites for hydroxylation is 3. The molecule has 1 aliphatic heterocycles. The van der Waals surface area contributed by atoms with Crippen molar-refractivity contribution in [3.8, 4) is 0 Å². The van der Waals surface area contributed by atoms with Crippen LogP contribution in [0.25, 0.3) is 0 Å². The number of likely N-dealkylation sites (tertiary alicyclic amines) is 1. The van der Waals surface area contributed by atoms with Crippen LogP contribution in [0.2, 0.25) is 0 Å². The summed E-state index contributed by atoms with van der Waals surface area (Å²) in [7, 11) is 0. The minimum Gasteiger partial charge on any atom is -0.381 e. The third-order valence-electron chi connectivity index (χ3n) is 6.13. The first kappa shape index (κ1) is 20.0. The molecule has 1 aromatic heterocycles. The van der Waals surface area contributed by atoms with Crippen LogP contribution in [0, 0.1) is 19.3 Å². The van der Waals surface area contributed by atoms with E-state index >= 15 is 0 Å². The van der Waals surface area contributed by atoms with Gasteiger partial charge in [0.05, 0.1) is 6.61 Å². The van der Waals surface area contributed by atoms with Gasteiger partial charge < -0.3 is 4.74 Å². The Morgan fingerprint density at radius 1 is 1.15 bits per heavy atom. The summed E-state index contributed by atoms with van der Waals surface area (Å²) in [5.74, 6) is 0. The van der Waals surface area contributed by atoms with Crippen molar-refractivity contribution in [1.29, 1.82) is 0 Å². The van der Waals surface area contributed by atoms with Crippen LogP contribution in [0.1, 0.15) is 55.2 Å². The molecule has 2 atom stereocenters. The van der Waals surface area contributed by atoms with Gasteiger partial charge in [0.2, 0.25) is 0 Å². The van der Waals surface area contributed by atoms with Gasteiger partial charge in [0.1, 0.15) is 0 Å².